The van der Waals surface area contributed by atoms with Gasteiger partial charge in [-0.25, -0.2) is 13.2 Å². The number of piperidine rings is 1. The van der Waals surface area contributed by atoms with E-state index in [4.69, 9.17) is 9.47 Å². The second-order valence-corrected chi connectivity index (χ2v) is 9.33. The number of amides is 1. The van der Waals surface area contributed by atoms with Crippen LogP contribution in [0.5, 0.6) is 11.5 Å². The summed E-state index contributed by atoms with van der Waals surface area (Å²) in [5.41, 5.74) is 0.683. The number of para-hydroxylation sites is 1. The summed E-state index contributed by atoms with van der Waals surface area (Å²) in [6.07, 6.45) is 2.57. The first-order chi connectivity index (χ1) is 15.2. The Kier molecular flexibility index (Phi) is 7.37. The Morgan fingerprint density at radius 3 is 2.53 bits per heavy atom. The minimum absolute atomic E-state index is 0.0404. The molecule has 0 atom stereocenters. The molecule has 1 saturated heterocycles. The minimum atomic E-state index is -3.79. The van der Waals surface area contributed by atoms with Crippen LogP contribution in [0, 0.1) is 6.92 Å². The predicted molar refractivity (Wildman–Crippen MR) is 117 cm³/mol. The van der Waals surface area contributed by atoms with Crippen LogP contribution in [0.25, 0.3) is 0 Å². The lowest BCUT2D eigenvalue weighted by Crippen LogP contribution is -2.35. The van der Waals surface area contributed by atoms with Gasteiger partial charge in [-0.2, -0.15) is 4.31 Å². The molecular weight excluding hydrogens is 436 g/mol. The molecule has 2 N–H and O–H groups in total. The molecule has 1 fully saturated rings. The summed E-state index contributed by atoms with van der Waals surface area (Å²) in [5, 5.41) is 12.5. The molecular formula is C22H26N2O7S. The number of esters is 1. The lowest BCUT2D eigenvalue weighted by atomic mass is 10.1. The molecule has 10 heteroatoms. The molecule has 0 radical (unpaired) electrons. The zero-order valence-electron chi connectivity index (χ0n) is 18.0. The molecule has 0 aliphatic carbocycles. The second kappa shape index (κ2) is 10.0. The molecule has 0 spiro atoms. The number of hydrogen-bond acceptors (Lipinski definition) is 7. The van der Waals surface area contributed by atoms with E-state index in [0.29, 0.717) is 18.7 Å². The van der Waals surface area contributed by atoms with Crippen molar-refractivity contribution >= 4 is 27.6 Å². The van der Waals surface area contributed by atoms with Crippen LogP contribution in [0.15, 0.2) is 41.3 Å². The predicted octanol–water partition coefficient (Wildman–Crippen LogP) is 2.68. The third kappa shape index (κ3) is 5.20. The number of nitrogens with zero attached hydrogens (tertiary/aromatic N) is 1. The Hall–Kier alpha value is -3.11. The molecule has 0 bridgehead atoms. The number of ether oxygens (including phenoxy) is 2. The highest BCUT2D eigenvalue weighted by atomic mass is 32.2. The number of benzene rings is 2. The van der Waals surface area contributed by atoms with Gasteiger partial charge in [-0.05, 0) is 49.6 Å². The number of sulfonamides is 1. The zero-order chi connectivity index (χ0) is 23.3. The standard InChI is InChI=1S/C22H26N2O7S/c1-15-7-6-8-17(21(15)26)22(27)31-14-20(25)23-16-9-10-18(30-2)19(13-16)32(28,29)24-11-4-3-5-12-24/h6-10,13,26H,3-5,11-12,14H2,1-2H3,(H,23,25). The van der Waals surface area contributed by atoms with Crippen molar-refractivity contribution in [2.45, 2.75) is 31.1 Å². The third-order valence-corrected chi connectivity index (χ3v) is 7.09. The maximum absolute atomic E-state index is 13.1. The highest BCUT2D eigenvalue weighted by Gasteiger charge is 2.29. The van der Waals surface area contributed by atoms with E-state index in [0.717, 1.165) is 19.3 Å². The van der Waals surface area contributed by atoms with E-state index in [1.54, 1.807) is 19.1 Å². The number of methoxy groups -OCH3 is 1. The summed E-state index contributed by atoms with van der Waals surface area (Å²) in [5.74, 6) is -1.53. The first-order valence-electron chi connectivity index (χ1n) is 10.2. The monoisotopic (exact) mass is 462 g/mol. The molecule has 0 aromatic heterocycles. The SMILES string of the molecule is COc1ccc(NC(=O)COC(=O)c2cccc(C)c2O)cc1S(=O)(=O)N1CCCCC1. The molecule has 1 aliphatic heterocycles. The van der Waals surface area contributed by atoms with Gasteiger partial charge in [-0.3, -0.25) is 4.79 Å². The van der Waals surface area contributed by atoms with Gasteiger partial charge in [0.1, 0.15) is 22.0 Å². The molecule has 0 saturated carbocycles. The number of hydrogen-bond donors (Lipinski definition) is 2. The highest BCUT2D eigenvalue weighted by molar-refractivity contribution is 7.89. The second-order valence-electron chi connectivity index (χ2n) is 7.43. The quantitative estimate of drug-likeness (QED) is 0.607. The van der Waals surface area contributed by atoms with Crippen molar-refractivity contribution in [1.29, 1.82) is 0 Å². The summed E-state index contributed by atoms with van der Waals surface area (Å²) in [4.78, 5) is 24.4. The summed E-state index contributed by atoms with van der Waals surface area (Å²) >= 11 is 0. The van der Waals surface area contributed by atoms with Gasteiger partial charge in [0.25, 0.3) is 5.91 Å². The van der Waals surface area contributed by atoms with E-state index in [-0.39, 0.29) is 27.6 Å². The van der Waals surface area contributed by atoms with E-state index in [2.05, 4.69) is 5.32 Å². The van der Waals surface area contributed by atoms with Crippen molar-refractivity contribution in [3.8, 4) is 11.5 Å². The molecule has 172 valence electrons. The number of carbonyl (C=O) groups excluding carboxylic acids is 2. The minimum Gasteiger partial charge on any atom is -0.507 e. The number of carbonyl (C=O) groups is 2. The van der Waals surface area contributed by atoms with Crippen molar-refractivity contribution in [3.05, 3.63) is 47.5 Å². The van der Waals surface area contributed by atoms with Gasteiger partial charge >= 0.3 is 5.97 Å². The van der Waals surface area contributed by atoms with E-state index in [1.807, 2.05) is 0 Å². The van der Waals surface area contributed by atoms with Crippen LogP contribution in [0.1, 0.15) is 35.2 Å². The van der Waals surface area contributed by atoms with E-state index < -0.39 is 28.5 Å². The Morgan fingerprint density at radius 1 is 1.12 bits per heavy atom. The summed E-state index contributed by atoms with van der Waals surface area (Å²) < 4.78 is 37.8. The largest absolute Gasteiger partial charge is 0.507 e. The molecule has 1 amide bonds. The topological polar surface area (TPSA) is 122 Å². The van der Waals surface area contributed by atoms with Crippen LogP contribution < -0.4 is 10.1 Å². The summed E-state index contributed by atoms with van der Waals surface area (Å²) in [7, 11) is -2.41. The first kappa shape index (κ1) is 23.6. The highest BCUT2D eigenvalue weighted by Crippen LogP contribution is 2.31. The maximum Gasteiger partial charge on any atom is 0.342 e. The van der Waals surface area contributed by atoms with Gasteiger partial charge in [0.15, 0.2) is 6.61 Å². The third-order valence-electron chi connectivity index (χ3n) is 5.17. The van der Waals surface area contributed by atoms with Crippen LogP contribution in [0.2, 0.25) is 0 Å². The smallest absolute Gasteiger partial charge is 0.342 e. The maximum atomic E-state index is 13.1. The van der Waals surface area contributed by atoms with E-state index in [1.165, 1.54) is 35.7 Å². The molecule has 0 unspecified atom stereocenters. The van der Waals surface area contributed by atoms with Gasteiger partial charge < -0.3 is 19.9 Å². The van der Waals surface area contributed by atoms with Crippen molar-refractivity contribution in [2.24, 2.45) is 0 Å². The number of phenols is 1. The number of nitrogens with one attached hydrogen (secondary N) is 1. The molecule has 1 aliphatic rings. The van der Waals surface area contributed by atoms with Crippen LogP contribution in [0.4, 0.5) is 5.69 Å². The fourth-order valence-electron chi connectivity index (χ4n) is 3.43. The summed E-state index contributed by atoms with van der Waals surface area (Å²) in [6, 6.07) is 8.91. The molecule has 3 rings (SSSR count). The Labute approximate surface area is 187 Å². The number of rotatable bonds is 7. The van der Waals surface area contributed by atoms with Gasteiger partial charge in [0.2, 0.25) is 10.0 Å². The van der Waals surface area contributed by atoms with Crippen LogP contribution in [-0.2, 0) is 19.6 Å². The van der Waals surface area contributed by atoms with Crippen LogP contribution in [-0.4, -0.2) is 56.5 Å². The van der Waals surface area contributed by atoms with E-state index in [9.17, 15) is 23.1 Å². The molecule has 2 aromatic carbocycles. The fourth-order valence-corrected chi connectivity index (χ4v) is 5.13. The number of aromatic hydroxyl groups is 1. The average Bonchev–Trinajstić information content (AvgIpc) is 2.79. The Morgan fingerprint density at radius 2 is 1.84 bits per heavy atom. The van der Waals surface area contributed by atoms with Gasteiger partial charge in [0.05, 0.1) is 7.11 Å². The normalized spacial score (nSPS) is 14.6. The van der Waals surface area contributed by atoms with Crippen molar-refractivity contribution in [2.75, 3.05) is 32.1 Å². The van der Waals surface area contributed by atoms with Crippen LogP contribution in [0.3, 0.4) is 0 Å². The van der Waals surface area contributed by atoms with Gasteiger partial charge in [-0.1, -0.05) is 18.6 Å². The van der Waals surface area contributed by atoms with Crippen molar-refractivity contribution in [1.82, 2.24) is 4.31 Å². The molecule has 9 nitrogen and oxygen atoms in total. The lowest BCUT2D eigenvalue weighted by molar-refractivity contribution is -0.119. The lowest BCUT2D eigenvalue weighted by Gasteiger charge is -2.26. The van der Waals surface area contributed by atoms with E-state index >= 15 is 0 Å². The van der Waals surface area contributed by atoms with Crippen molar-refractivity contribution < 1.29 is 32.6 Å². The fraction of sp³-hybridized carbons (Fsp3) is 0.364. The first-order valence-corrected chi connectivity index (χ1v) is 11.6. The summed E-state index contributed by atoms with van der Waals surface area (Å²) in [6.45, 7) is 1.90. The average molecular weight is 463 g/mol. The molecule has 1 heterocycles. The van der Waals surface area contributed by atoms with Crippen LogP contribution >= 0.6 is 0 Å². The zero-order valence-corrected chi connectivity index (χ0v) is 18.8. The van der Waals surface area contributed by atoms with Gasteiger partial charge in [0, 0.05) is 18.8 Å². The Bertz CT molecular complexity index is 1110. The molecule has 2 aromatic rings. The number of phenolic OH excluding ortho intramolecular Hbond substituents is 1. The molecule has 32 heavy (non-hydrogen) atoms. The van der Waals surface area contributed by atoms with Crippen molar-refractivity contribution in [3.63, 3.8) is 0 Å². The number of aryl methyl sites for hydroxylation is 1. The number of anilines is 1. The van der Waals surface area contributed by atoms with Gasteiger partial charge in [-0.15, -0.1) is 0 Å². The Balaban J connectivity index is 1.70.